The van der Waals surface area contributed by atoms with Crippen molar-refractivity contribution in [2.75, 3.05) is 0 Å². The summed E-state index contributed by atoms with van der Waals surface area (Å²) in [6, 6.07) is 12.0. The Morgan fingerprint density at radius 2 is 1.79 bits per heavy atom. The van der Waals surface area contributed by atoms with Crippen LogP contribution in [-0.2, 0) is 7.05 Å². The average molecular weight is 321 g/mol. The number of benzene rings is 2. The van der Waals surface area contributed by atoms with Crippen LogP contribution in [0.25, 0.3) is 22.4 Å². The second-order valence-electron chi connectivity index (χ2n) is 5.57. The highest BCUT2D eigenvalue weighted by Crippen LogP contribution is 2.31. The minimum absolute atomic E-state index is 0.0324. The van der Waals surface area contributed by atoms with E-state index < -0.39 is 13.7 Å². The van der Waals surface area contributed by atoms with E-state index in [1.165, 1.54) is 16.8 Å². The first-order valence-electron chi connectivity index (χ1n) is 11.4. The van der Waals surface area contributed by atoms with Crippen molar-refractivity contribution in [2.45, 2.75) is 20.6 Å². The molecule has 0 aliphatic carbocycles. The van der Waals surface area contributed by atoms with E-state index in [1.807, 2.05) is 6.07 Å². The molecule has 118 valence electrons. The molecule has 2 heteroatoms. The van der Waals surface area contributed by atoms with Gasteiger partial charge >= 0.3 is 0 Å². The van der Waals surface area contributed by atoms with Crippen LogP contribution >= 0.6 is 0 Å². The Balaban J connectivity index is 2.47. The van der Waals surface area contributed by atoms with Crippen molar-refractivity contribution in [3.05, 3.63) is 76.9 Å². The summed E-state index contributed by atoms with van der Waals surface area (Å²) in [5, 5.41) is 9.71. The molecular weight excluding hydrogens is 292 g/mol. The van der Waals surface area contributed by atoms with Gasteiger partial charge in [0, 0.05) is 31.0 Å². The van der Waals surface area contributed by atoms with Crippen molar-refractivity contribution >= 4 is 0 Å². The summed E-state index contributed by atoms with van der Waals surface area (Å²) in [6.45, 7) is -3.74. The van der Waals surface area contributed by atoms with E-state index in [-0.39, 0.29) is 45.6 Å². The number of hydrogen-bond donors (Lipinski definition) is 0. The third kappa shape index (κ3) is 2.81. The van der Waals surface area contributed by atoms with E-state index in [0.29, 0.717) is 11.1 Å². The summed E-state index contributed by atoms with van der Waals surface area (Å²) in [4.78, 5) is 0. The van der Waals surface area contributed by atoms with Gasteiger partial charge in [0.05, 0.1) is 14.4 Å². The first kappa shape index (κ1) is 8.80. The van der Waals surface area contributed by atoms with Crippen LogP contribution in [0.15, 0.2) is 54.7 Å². The number of pyridine rings is 1. The summed E-state index contributed by atoms with van der Waals surface area (Å²) in [7, 11) is 1.57. The zero-order valence-corrected chi connectivity index (χ0v) is 13.4. The lowest BCUT2D eigenvalue weighted by molar-refractivity contribution is -0.660. The van der Waals surface area contributed by atoms with Gasteiger partial charge in [-0.2, -0.15) is 5.26 Å². The second-order valence-corrected chi connectivity index (χ2v) is 5.57. The van der Waals surface area contributed by atoms with Gasteiger partial charge in [0.15, 0.2) is 6.20 Å². The van der Waals surface area contributed by atoms with Gasteiger partial charge in [0.25, 0.3) is 0 Å². The topological polar surface area (TPSA) is 27.7 Å². The SMILES string of the molecule is [2H]c1c(C)c(-c2cc(C([2H])([2H])[2H])c(C([2H])([2H])[2H])c[n+]2C)c([2H])c(-c2ccccc2)c1C#N. The number of hydrogen-bond acceptors (Lipinski definition) is 1. The predicted molar refractivity (Wildman–Crippen MR) is 97.4 cm³/mol. The van der Waals surface area contributed by atoms with Gasteiger partial charge in [-0.15, -0.1) is 0 Å². The van der Waals surface area contributed by atoms with E-state index in [2.05, 4.69) is 0 Å². The fraction of sp³-hybridized carbons (Fsp3) is 0.182. The van der Waals surface area contributed by atoms with Gasteiger partial charge in [-0.05, 0) is 49.4 Å². The normalized spacial score (nSPS) is 16.4. The zero-order valence-electron chi connectivity index (χ0n) is 21.4. The molecule has 0 spiro atoms. The quantitative estimate of drug-likeness (QED) is 0.632. The van der Waals surface area contributed by atoms with Crippen LogP contribution in [0.5, 0.6) is 0 Å². The molecule has 0 N–H and O–H groups in total. The van der Waals surface area contributed by atoms with Crippen molar-refractivity contribution in [1.29, 1.82) is 5.26 Å². The lowest BCUT2D eigenvalue weighted by Crippen LogP contribution is -2.31. The molecular formula is C22H21N2+. The van der Waals surface area contributed by atoms with Crippen molar-refractivity contribution in [3.63, 3.8) is 0 Å². The summed E-state index contributed by atoms with van der Waals surface area (Å²) in [5.41, 5.74) is 1.17. The Morgan fingerprint density at radius 3 is 2.46 bits per heavy atom. The fourth-order valence-corrected chi connectivity index (χ4v) is 2.65. The molecule has 0 atom stereocenters. The van der Waals surface area contributed by atoms with Crippen LogP contribution < -0.4 is 4.57 Å². The molecule has 0 saturated carbocycles. The highest BCUT2D eigenvalue weighted by atomic mass is 14.9. The molecule has 0 aliphatic rings. The minimum Gasteiger partial charge on any atom is -0.201 e. The van der Waals surface area contributed by atoms with Crippen LogP contribution in [-0.4, -0.2) is 0 Å². The van der Waals surface area contributed by atoms with Crippen molar-refractivity contribution in [2.24, 2.45) is 7.05 Å². The molecule has 1 heterocycles. The zero-order chi connectivity index (χ0) is 24.0. The Kier molecular flexibility index (Phi) is 2.31. The molecule has 0 radical (unpaired) electrons. The first-order chi connectivity index (χ1) is 14.8. The molecule has 0 saturated heterocycles. The molecule has 24 heavy (non-hydrogen) atoms. The van der Waals surface area contributed by atoms with Crippen LogP contribution in [0.3, 0.4) is 0 Å². The molecule has 1 aromatic heterocycles. The van der Waals surface area contributed by atoms with Gasteiger partial charge in [-0.1, -0.05) is 30.3 Å². The Labute approximate surface area is 154 Å². The third-order valence-electron chi connectivity index (χ3n) is 3.89. The maximum absolute atomic E-state index is 9.71. The highest BCUT2D eigenvalue weighted by Gasteiger charge is 2.17. The van der Waals surface area contributed by atoms with E-state index in [1.54, 1.807) is 44.3 Å². The molecule has 0 bridgehead atoms. The second kappa shape index (κ2) is 6.29. The van der Waals surface area contributed by atoms with E-state index >= 15 is 0 Å². The number of aromatic nitrogens is 1. The van der Waals surface area contributed by atoms with Crippen molar-refractivity contribution < 1.29 is 15.5 Å². The summed E-state index contributed by atoms with van der Waals surface area (Å²) in [5.74, 6) is 0. The Bertz CT molecular complexity index is 1240. The van der Waals surface area contributed by atoms with Crippen LogP contribution in [0.4, 0.5) is 0 Å². The van der Waals surface area contributed by atoms with Crippen molar-refractivity contribution in [3.8, 4) is 28.5 Å². The minimum atomic E-state index is -2.69. The Hall–Kier alpha value is -2.92. The molecule has 2 nitrogen and oxygen atoms in total. The number of nitriles is 1. The number of rotatable bonds is 2. The van der Waals surface area contributed by atoms with Gasteiger partial charge in [-0.25, -0.2) is 4.57 Å². The number of aryl methyl sites for hydroxylation is 3. The maximum atomic E-state index is 9.71. The lowest BCUT2D eigenvalue weighted by Gasteiger charge is -2.11. The van der Waals surface area contributed by atoms with Gasteiger partial charge in [0.1, 0.15) is 7.05 Å². The van der Waals surface area contributed by atoms with Crippen LogP contribution in [0, 0.1) is 32.0 Å². The summed E-state index contributed by atoms with van der Waals surface area (Å²) >= 11 is 0. The molecule has 3 rings (SSSR count). The fourth-order valence-electron chi connectivity index (χ4n) is 2.65. The van der Waals surface area contributed by atoms with Crippen LogP contribution in [0.2, 0.25) is 0 Å². The van der Waals surface area contributed by atoms with E-state index in [4.69, 9.17) is 11.0 Å². The lowest BCUT2D eigenvalue weighted by atomic mass is 9.92. The van der Waals surface area contributed by atoms with E-state index in [9.17, 15) is 5.26 Å². The number of nitrogens with zero attached hydrogens (tertiary/aromatic N) is 2. The molecule has 0 aliphatic heterocycles. The molecule has 0 unspecified atom stereocenters. The molecule has 0 fully saturated rings. The van der Waals surface area contributed by atoms with Gasteiger partial charge < -0.3 is 0 Å². The molecule has 2 aromatic carbocycles. The third-order valence-corrected chi connectivity index (χ3v) is 3.89. The molecule has 0 amide bonds. The largest absolute Gasteiger partial charge is 0.212 e. The Morgan fingerprint density at radius 1 is 1.04 bits per heavy atom. The highest BCUT2D eigenvalue weighted by molar-refractivity contribution is 5.78. The van der Waals surface area contributed by atoms with Crippen LogP contribution in [0.1, 0.15) is 33.2 Å². The standard InChI is InChI=1S/C22H21N2/c1-15-11-22(24(4)14-17(15)3)20-12-21(18-8-6-5-7-9-18)19(13-23)10-16(20)2/h5-12,14H,1-4H3/q+1/i1D3,3D3,10D,12D. The molecule has 3 aromatic rings. The predicted octanol–water partition coefficient (Wildman–Crippen LogP) is 4.64. The maximum Gasteiger partial charge on any atom is 0.212 e. The smallest absolute Gasteiger partial charge is 0.201 e. The summed E-state index contributed by atoms with van der Waals surface area (Å²) in [6.07, 6.45) is 1.24. The van der Waals surface area contributed by atoms with E-state index in [0.717, 1.165) is 0 Å². The van der Waals surface area contributed by atoms with Gasteiger partial charge in [0.2, 0.25) is 5.69 Å². The summed E-state index contributed by atoms with van der Waals surface area (Å²) < 4.78 is 65.7. The first-order valence-corrected chi connectivity index (χ1v) is 7.43. The van der Waals surface area contributed by atoms with Gasteiger partial charge in [-0.3, -0.25) is 0 Å². The monoisotopic (exact) mass is 321 g/mol. The average Bonchev–Trinajstić information content (AvgIpc) is 2.70. The van der Waals surface area contributed by atoms with Crippen molar-refractivity contribution in [1.82, 2.24) is 0 Å².